The molecule has 0 atom stereocenters. The van der Waals surface area contributed by atoms with E-state index in [0.29, 0.717) is 16.9 Å². The van der Waals surface area contributed by atoms with E-state index in [1.54, 1.807) is 6.92 Å². The molecule has 2 N–H and O–H groups in total. The molecule has 0 amide bonds. The average molecular weight is 366 g/mol. The molecule has 24 heavy (non-hydrogen) atoms. The first-order valence-corrected chi connectivity index (χ1v) is 8.74. The van der Waals surface area contributed by atoms with Crippen LogP contribution < -0.4 is 5.73 Å². The van der Waals surface area contributed by atoms with Gasteiger partial charge in [-0.25, -0.2) is 4.39 Å². The van der Waals surface area contributed by atoms with E-state index in [9.17, 15) is 12.8 Å². The average Bonchev–Trinajstić information content (AvgIpc) is 2.85. The highest BCUT2D eigenvalue weighted by atomic mass is 35.5. The predicted molar refractivity (Wildman–Crippen MR) is 90.8 cm³/mol. The number of anilines is 1. The summed E-state index contributed by atoms with van der Waals surface area (Å²) in [6.07, 6.45) is 0. The van der Waals surface area contributed by atoms with Gasteiger partial charge in [-0.15, -0.1) is 0 Å². The molecule has 0 saturated heterocycles. The molecule has 5 nitrogen and oxygen atoms in total. The molecule has 1 aromatic heterocycles. The molecule has 2 aromatic carbocycles. The van der Waals surface area contributed by atoms with Gasteiger partial charge in [0, 0.05) is 11.3 Å². The maximum atomic E-state index is 13.2. The van der Waals surface area contributed by atoms with Gasteiger partial charge in [0.15, 0.2) is 0 Å². The number of aromatic nitrogens is 2. The zero-order valence-corrected chi connectivity index (χ0v) is 14.1. The van der Waals surface area contributed by atoms with Crippen molar-refractivity contribution in [3.05, 3.63) is 65.1 Å². The molecule has 8 heteroatoms. The van der Waals surface area contributed by atoms with Crippen molar-refractivity contribution in [1.29, 1.82) is 0 Å². The molecule has 0 aliphatic rings. The Balaban J connectivity index is 2.23. The number of nitrogen functional groups attached to an aromatic ring is 1. The minimum atomic E-state index is -3.97. The molecule has 0 bridgehead atoms. The van der Waals surface area contributed by atoms with Crippen LogP contribution in [0.3, 0.4) is 0 Å². The molecule has 0 saturated carbocycles. The zero-order chi connectivity index (χ0) is 17.5. The number of halogens is 2. The Morgan fingerprint density at radius 3 is 2.25 bits per heavy atom. The van der Waals surface area contributed by atoms with Crippen LogP contribution >= 0.6 is 11.6 Å². The molecule has 1 heterocycles. The molecule has 0 unspecified atom stereocenters. The Bertz CT molecular complexity index is 997. The van der Waals surface area contributed by atoms with E-state index in [4.69, 9.17) is 17.3 Å². The molecule has 0 aliphatic carbocycles. The van der Waals surface area contributed by atoms with Crippen molar-refractivity contribution in [2.45, 2.75) is 11.8 Å². The molecule has 0 spiro atoms. The molecule has 124 valence electrons. The molecule has 0 fully saturated rings. The van der Waals surface area contributed by atoms with Crippen LogP contribution in [0.15, 0.2) is 53.4 Å². The van der Waals surface area contributed by atoms with Crippen LogP contribution in [0.2, 0.25) is 5.02 Å². The zero-order valence-electron chi connectivity index (χ0n) is 12.6. The molecule has 0 aliphatic heterocycles. The van der Waals surface area contributed by atoms with Crippen molar-refractivity contribution in [2.24, 2.45) is 0 Å². The van der Waals surface area contributed by atoms with E-state index in [2.05, 4.69) is 5.10 Å². The number of benzene rings is 2. The van der Waals surface area contributed by atoms with Crippen molar-refractivity contribution in [3.8, 4) is 11.3 Å². The fourth-order valence-corrected chi connectivity index (χ4v) is 3.87. The highest BCUT2D eigenvalue weighted by molar-refractivity contribution is 7.90. The minimum absolute atomic E-state index is 0.0271. The monoisotopic (exact) mass is 365 g/mol. The summed E-state index contributed by atoms with van der Waals surface area (Å²) in [6.45, 7) is 1.60. The van der Waals surface area contributed by atoms with Gasteiger partial charge in [0.25, 0.3) is 10.0 Å². The van der Waals surface area contributed by atoms with Crippen LogP contribution in [0.25, 0.3) is 11.3 Å². The fourth-order valence-electron chi connectivity index (χ4n) is 2.24. The summed E-state index contributed by atoms with van der Waals surface area (Å²) in [5, 5.41) is 4.25. The Morgan fingerprint density at radius 2 is 1.67 bits per heavy atom. The predicted octanol–water partition coefficient (Wildman–Crippen LogP) is 3.47. The van der Waals surface area contributed by atoms with E-state index in [1.165, 1.54) is 48.5 Å². The van der Waals surface area contributed by atoms with E-state index in [0.717, 1.165) is 4.09 Å². The van der Waals surface area contributed by atoms with E-state index >= 15 is 0 Å². The van der Waals surface area contributed by atoms with Crippen molar-refractivity contribution >= 4 is 27.3 Å². The van der Waals surface area contributed by atoms with E-state index in [1.807, 2.05) is 0 Å². The van der Waals surface area contributed by atoms with Crippen molar-refractivity contribution in [3.63, 3.8) is 0 Å². The van der Waals surface area contributed by atoms with Gasteiger partial charge in [0.05, 0.1) is 15.6 Å². The second-order valence-electron chi connectivity index (χ2n) is 5.17. The lowest BCUT2D eigenvalue weighted by atomic mass is 10.1. The third-order valence-corrected chi connectivity index (χ3v) is 5.52. The Hall–Kier alpha value is -2.38. The molecule has 0 radical (unpaired) electrons. The fraction of sp³-hybridized carbons (Fsp3) is 0.0625. The van der Waals surface area contributed by atoms with Gasteiger partial charge >= 0.3 is 0 Å². The van der Waals surface area contributed by atoms with Crippen LogP contribution in [-0.2, 0) is 10.0 Å². The van der Waals surface area contributed by atoms with Gasteiger partial charge in [-0.1, -0.05) is 11.6 Å². The topological polar surface area (TPSA) is 78.0 Å². The molecule has 3 aromatic rings. The van der Waals surface area contributed by atoms with Gasteiger partial charge in [0.1, 0.15) is 11.5 Å². The first kappa shape index (κ1) is 16.5. The molecular weight excluding hydrogens is 353 g/mol. The summed E-state index contributed by atoms with van der Waals surface area (Å²) in [7, 11) is -3.97. The van der Waals surface area contributed by atoms with Crippen LogP contribution in [0.4, 0.5) is 10.1 Å². The van der Waals surface area contributed by atoms with Crippen LogP contribution in [0.5, 0.6) is 0 Å². The first-order chi connectivity index (χ1) is 11.3. The lowest BCUT2D eigenvalue weighted by Gasteiger charge is -2.09. The maximum absolute atomic E-state index is 13.2. The largest absolute Gasteiger partial charge is 0.399 e. The van der Waals surface area contributed by atoms with E-state index in [-0.39, 0.29) is 15.6 Å². The highest BCUT2D eigenvalue weighted by Crippen LogP contribution is 2.33. The van der Waals surface area contributed by atoms with Crippen molar-refractivity contribution in [2.75, 3.05) is 5.73 Å². The number of hydrogen-bond donors (Lipinski definition) is 1. The normalized spacial score (nSPS) is 11.6. The minimum Gasteiger partial charge on any atom is -0.399 e. The van der Waals surface area contributed by atoms with Crippen molar-refractivity contribution in [1.82, 2.24) is 9.19 Å². The van der Waals surface area contributed by atoms with Crippen molar-refractivity contribution < 1.29 is 12.8 Å². The lowest BCUT2D eigenvalue weighted by Crippen LogP contribution is -2.16. The van der Waals surface area contributed by atoms with Gasteiger partial charge in [0.2, 0.25) is 0 Å². The van der Waals surface area contributed by atoms with Gasteiger partial charge in [-0.2, -0.15) is 17.6 Å². The van der Waals surface area contributed by atoms with Gasteiger partial charge in [-0.3, -0.25) is 0 Å². The Kier molecular flexibility index (Phi) is 4.06. The summed E-state index contributed by atoms with van der Waals surface area (Å²) >= 11 is 6.25. The Morgan fingerprint density at radius 1 is 1.08 bits per heavy atom. The summed E-state index contributed by atoms with van der Waals surface area (Å²) < 4.78 is 39.8. The third kappa shape index (κ3) is 2.76. The highest BCUT2D eigenvalue weighted by Gasteiger charge is 2.26. The van der Waals surface area contributed by atoms with Crippen LogP contribution in [0.1, 0.15) is 5.69 Å². The van der Waals surface area contributed by atoms with Gasteiger partial charge < -0.3 is 5.73 Å². The quantitative estimate of drug-likeness (QED) is 0.721. The number of nitrogens with zero attached hydrogens (tertiary/aromatic N) is 2. The summed E-state index contributed by atoms with van der Waals surface area (Å²) in [4.78, 5) is 0.0271. The number of aryl methyl sites for hydroxylation is 1. The van der Waals surface area contributed by atoms with Gasteiger partial charge in [-0.05, 0) is 55.5 Å². The lowest BCUT2D eigenvalue weighted by molar-refractivity contribution is 0.580. The van der Waals surface area contributed by atoms with Crippen LogP contribution in [0, 0.1) is 12.7 Å². The standard InChI is InChI=1S/C16H13ClFN3O2S/c1-10-15(17)16(11-2-4-12(18)5-3-11)21(20-10)24(22,23)14-8-6-13(19)7-9-14/h2-9H,19H2,1H3. The van der Waals surface area contributed by atoms with E-state index < -0.39 is 15.8 Å². The van der Waals surface area contributed by atoms with Crippen LogP contribution in [-0.4, -0.2) is 17.6 Å². The summed E-state index contributed by atoms with van der Waals surface area (Å²) in [5.74, 6) is -0.431. The maximum Gasteiger partial charge on any atom is 0.283 e. The Labute approximate surface area is 143 Å². The first-order valence-electron chi connectivity index (χ1n) is 6.93. The second kappa shape index (κ2) is 5.92. The molecule has 3 rings (SSSR count). The third-order valence-electron chi connectivity index (χ3n) is 3.48. The second-order valence-corrected chi connectivity index (χ2v) is 7.32. The smallest absolute Gasteiger partial charge is 0.283 e. The SMILES string of the molecule is Cc1nn(S(=O)(=O)c2ccc(N)cc2)c(-c2ccc(F)cc2)c1Cl. The summed E-state index contributed by atoms with van der Waals surface area (Å²) in [5.41, 5.74) is 7.03. The number of rotatable bonds is 3. The number of hydrogen-bond acceptors (Lipinski definition) is 4. The summed E-state index contributed by atoms with van der Waals surface area (Å²) in [6, 6.07) is 11.1. The number of nitrogens with two attached hydrogens (primary N) is 1. The molecular formula is C16H13ClFN3O2S.